The average Bonchev–Trinajstić information content (AvgIpc) is 3.12. The van der Waals surface area contributed by atoms with Crippen molar-refractivity contribution in [3.05, 3.63) is 84.2 Å². The molecule has 0 aliphatic carbocycles. The van der Waals surface area contributed by atoms with Gasteiger partial charge in [0.15, 0.2) is 0 Å². The van der Waals surface area contributed by atoms with E-state index in [4.69, 9.17) is 9.47 Å². The summed E-state index contributed by atoms with van der Waals surface area (Å²) in [6, 6.07) is 20.0. The maximum absolute atomic E-state index is 12.6. The summed E-state index contributed by atoms with van der Waals surface area (Å²) in [5.74, 6) is 0.667. The molecule has 1 saturated heterocycles. The fraction of sp³-hybridized carbons (Fsp3) is 0.217. The molecule has 1 aromatic heterocycles. The first-order valence-electron chi connectivity index (χ1n) is 9.16. The van der Waals surface area contributed by atoms with E-state index in [-0.39, 0.29) is 5.91 Å². The fourth-order valence-electron chi connectivity index (χ4n) is 3.82. The second-order valence-electron chi connectivity index (χ2n) is 6.87. The molecule has 2 aromatic carbocycles. The van der Waals surface area contributed by atoms with Crippen molar-refractivity contribution >= 4 is 5.91 Å². The molecule has 28 heavy (non-hydrogen) atoms. The molecule has 0 spiro atoms. The SMILES string of the molecule is COc1ccc(C2(c3cccc(-c4cccnc4)c3)CC(OC)C(=O)N2)cc1. The van der Waals surface area contributed by atoms with Crippen LogP contribution < -0.4 is 10.1 Å². The third-order valence-electron chi connectivity index (χ3n) is 5.34. The van der Waals surface area contributed by atoms with Crippen LogP contribution in [0.25, 0.3) is 11.1 Å². The number of ether oxygens (including phenoxy) is 2. The number of pyridine rings is 1. The Hall–Kier alpha value is -3.18. The van der Waals surface area contributed by atoms with Crippen LogP contribution in [-0.4, -0.2) is 31.2 Å². The number of benzene rings is 2. The van der Waals surface area contributed by atoms with E-state index in [0.29, 0.717) is 6.42 Å². The maximum Gasteiger partial charge on any atom is 0.250 e. The second-order valence-corrected chi connectivity index (χ2v) is 6.87. The van der Waals surface area contributed by atoms with Crippen LogP contribution in [0.4, 0.5) is 0 Å². The number of methoxy groups -OCH3 is 2. The van der Waals surface area contributed by atoms with E-state index >= 15 is 0 Å². The predicted octanol–water partition coefficient (Wildman–Crippen LogP) is 3.54. The molecule has 0 saturated carbocycles. The lowest BCUT2D eigenvalue weighted by molar-refractivity contribution is -0.127. The van der Waals surface area contributed by atoms with E-state index in [2.05, 4.69) is 16.4 Å². The number of rotatable bonds is 5. The molecule has 142 valence electrons. The highest BCUT2D eigenvalue weighted by Crippen LogP contribution is 2.40. The second kappa shape index (κ2) is 7.44. The first-order valence-corrected chi connectivity index (χ1v) is 9.16. The molecule has 2 heterocycles. The molecule has 5 nitrogen and oxygen atoms in total. The Bertz CT molecular complexity index is 973. The van der Waals surface area contributed by atoms with Crippen molar-refractivity contribution in [2.75, 3.05) is 14.2 Å². The van der Waals surface area contributed by atoms with Gasteiger partial charge in [0, 0.05) is 25.9 Å². The number of nitrogens with one attached hydrogen (secondary N) is 1. The molecule has 5 heteroatoms. The standard InChI is InChI=1S/C23H22N2O3/c1-27-20-10-8-18(9-11-20)23(14-21(28-2)22(26)25-23)19-7-3-5-16(13-19)17-6-4-12-24-15-17/h3-13,15,21H,14H2,1-2H3,(H,25,26). The summed E-state index contributed by atoms with van der Waals surface area (Å²) in [5.41, 5.74) is 3.41. The molecule has 2 unspecified atom stereocenters. The van der Waals surface area contributed by atoms with Gasteiger partial charge in [-0.2, -0.15) is 0 Å². The Morgan fingerprint density at radius 3 is 2.43 bits per heavy atom. The van der Waals surface area contributed by atoms with Crippen LogP contribution in [0.1, 0.15) is 17.5 Å². The van der Waals surface area contributed by atoms with Gasteiger partial charge in [0.1, 0.15) is 11.9 Å². The topological polar surface area (TPSA) is 60.5 Å². The zero-order valence-corrected chi connectivity index (χ0v) is 15.9. The van der Waals surface area contributed by atoms with E-state index in [0.717, 1.165) is 28.0 Å². The summed E-state index contributed by atoms with van der Waals surface area (Å²) in [6.45, 7) is 0. The highest BCUT2D eigenvalue weighted by Gasteiger charge is 2.47. The van der Waals surface area contributed by atoms with E-state index in [1.807, 2.05) is 60.8 Å². The predicted molar refractivity (Wildman–Crippen MR) is 107 cm³/mol. The molecule has 4 rings (SSSR count). The minimum atomic E-state index is -0.664. The number of carbonyl (C=O) groups excluding carboxylic acids is 1. The molecule has 1 aliphatic heterocycles. The van der Waals surface area contributed by atoms with E-state index < -0.39 is 11.6 Å². The van der Waals surface area contributed by atoms with Crippen LogP contribution in [0.15, 0.2) is 73.1 Å². The van der Waals surface area contributed by atoms with Crippen molar-refractivity contribution in [3.63, 3.8) is 0 Å². The summed E-state index contributed by atoms with van der Waals surface area (Å²) in [6.07, 6.45) is 3.62. The Morgan fingerprint density at radius 1 is 1.00 bits per heavy atom. The van der Waals surface area contributed by atoms with Crippen LogP contribution in [0.2, 0.25) is 0 Å². The van der Waals surface area contributed by atoms with Crippen LogP contribution in [-0.2, 0) is 15.1 Å². The van der Waals surface area contributed by atoms with Crippen LogP contribution in [0.3, 0.4) is 0 Å². The molecular weight excluding hydrogens is 352 g/mol. The minimum absolute atomic E-state index is 0.106. The summed E-state index contributed by atoms with van der Waals surface area (Å²) in [5, 5.41) is 3.20. The van der Waals surface area contributed by atoms with Gasteiger partial charge in [0.2, 0.25) is 5.91 Å². The van der Waals surface area contributed by atoms with Gasteiger partial charge in [-0.1, -0.05) is 36.4 Å². The molecule has 0 radical (unpaired) electrons. The zero-order chi connectivity index (χ0) is 19.6. The largest absolute Gasteiger partial charge is 0.497 e. The number of nitrogens with zero attached hydrogens (tertiary/aromatic N) is 1. The molecule has 2 atom stereocenters. The molecule has 0 bridgehead atoms. The molecular formula is C23H22N2O3. The Balaban J connectivity index is 1.84. The summed E-state index contributed by atoms with van der Waals surface area (Å²) in [7, 11) is 3.21. The Kier molecular flexibility index (Phi) is 4.84. The smallest absolute Gasteiger partial charge is 0.250 e. The minimum Gasteiger partial charge on any atom is -0.497 e. The normalized spacial score (nSPS) is 21.4. The number of carbonyl (C=O) groups is 1. The Labute approximate surface area is 164 Å². The number of hydrogen-bond donors (Lipinski definition) is 1. The first kappa shape index (κ1) is 18.2. The van der Waals surface area contributed by atoms with Gasteiger partial charge in [0.05, 0.1) is 12.6 Å². The molecule has 1 aliphatic rings. The first-order chi connectivity index (χ1) is 13.7. The maximum atomic E-state index is 12.6. The van der Waals surface area contributed by atoms with Crippen molar-refractivity contribution in [1.29, 1.82) is 0 Å². The van der Waals surface area contributed by atoms with Crippen LogP contribution in [0, 0.1) is 0 Å². The van der Waals surface area contributed by atoms with Gasteiger partial charge in [0.25, 0.3) is 0 Å². The van der Waals surface area contributed by atoms with Gasteiger partial charge in [-0.15, -0.1) is 0 Å². The number of aromatic nitrogens is 1. The molecule has 1 amide bonds. The van der Waals surface area contributed by atoms with Gasteiger partial charge in [-0.3, -0.25) is 9.78 Å². The van der Waals surface area contributed by atoms with Crippen LogP contribution in [0.5, 0.6) is 5.75 Å². The average molecular weight is 374 g/mol. The highest BCUT2D eigenvalue weighted by atomic mass is 16.5. The van der Waals surface area contributed by atoms with E-state index in [1.165, 1.54) is 0 Å². The van der Waals surface area contributed by atoms with Crippen molar-refractivity contribution < 1.29 is 14.3 Å². The molecule has 1 N–H and O–H groups in total. The molecule has 3 aromatic rings. The summed E-state index contributed by atoms with van der Waals surface area (Å²) in [4.78, 5) is 16.8. The fourth-order valence-corrected chi connectivity index (χ4v) is 3.82. The van der Waals surface area contributed by atoms with Crippen molar-refractivity contribution in [1.82, 2.24) is 10.3 Å². The van der Waals surface area contributed by atoms with Gasteiger partial charge >= 0.3 is 0 Å². The van der Waals surface area contributed by atoms with E-state index in [1.54, 1.807) is 20.4 Å². The highest BCUT2D eigenvalue weighted by molar-refractivity contribution is 5.86. The third-order valence-corrected chi connectivity index (χ3v) is 5.34. The lowest BCUT2D eigenvalue weighted by Gasteiger charge is -2.31. The van der Waals surface area contributed by atoms with Crippen LogP contribution >= 0.6 is 0 Å². The lowest BCUT2D eigenvalue weighted by atomic mass is 9.80. The lowest BCUT2D eigenvalue weighted by Crippen LogP contribution is -2.40. The zero-order valence-electron chi connectivity index (χ0n) is 15.9. The number of hydrogen-bond acceptors (Lipinski definition) is 4. The van der Waals surface area contributed by atoms with Gasteiger partial charge in [-0.25, -0.2) is 0 Å². The third kappa shape index (κ3) is 3.14. The van der Waals surface area contributed by atoms with Crippen molar-refractivity contribution in [2.24, 2.45) is 0 Å². The number of amides is 1. The summed E-state index contributed by atoms with van der Waals surface area (Å²) < 4.78 is 10.7. The van der Waals surface area contributed by atoms with Gasteiger partial charge < -0.3 is 14.8 Å². The van der Waals surface area contributed by atoms with E-state index in [9.17, 15) is 4.79 Å². The quantitative estimate of drug-likeness (QED) is 0.742. The summed E-state index contributed by atoms with van der Waals surface area (Å²) >= 11 is 0. The monoisotopic (exact) mass is 374 g/mol. The van der Waals surface area contributed by atoms with Gasteiger partial charge in [-0.05, 0) is 46.5 Å². The molecule has 1 fully saturated rings. The Morgan fingerprint density at radius 2 is 1.79 bits per heavy atom. The van der Waals surface area contributed by atoms with Crippen molar-refractivity contribution in [2.45, 2.75) is 18.1 Å². The van der Waals surface area contributed by atoms with Crippen molar-refractivity contribution in [3.8, 4) is 16.9 Å².